The van der Waals surface area contributed by atoms with Gasteiger partial charge in [-0.3, -0.25) is 0 Å². The van der Waals surface area contributed by atoms with Crippen LogP contribution < -0.4 is 0 Å². The average Bonchev–Trinajstić information content (AvgIpc) is 2.55. The Morgan fingerprint density at radius 3 is 2.04 bits per heavy atom. The van der Waals surface area contributed by atoms with Crippen molar-refractivity contribution in [2.45, 2.75) is 18.7 Å². The van der Waals surface area contributed by atoms with E-state index in [2.05, 4.69) is 0 Å². The fourth-order valence-electron chi connectivity index (χ4n) is 2.68. The summed E-state index contributed by atoms with van der Waals surface area (Å²) < 4.78 is 67.7. The Hall–Kier alpha value is -0.780. The molecular formula is C14H21ClFN3O4S2. The van der Waals surface area contributed by atoms with Crippen LogP contribution in [-0.4, -0.2) is 69.0 Å². The van der Waals surface area contributed by atoms with Gasteiger partial charge in [-0.05, 0) is 18.2 Å². The lowest BCUT2D eigenvalue weighted by Crippen LogP contribution is -2.54. The van der Waals surface area contributed by atoms with E-state index in [9.17, 15) is 21.2 Å². The SMILES string of the molecule is CCN(CC)S(=O)(=O)N1CCN(S(=O)(=O)c2ccc(Cl)cc2F)CC1. The molecule has 0 radical (unpaired) electrons. The van der Waals surface area contributed by atoms with Crippen molar-refractivity contribution in [1.29, 1.82) is 0 Å². The van der Waals surface area contributed by atoms with Crippen molar-refractivity contribution in [3.63, 3.8) is 0 Å². The Kier molecular flexibility index (Phi) is 6.45. The lowest BCUT2D eigenvalue weighted by molar-refractivity contribution is 0.256. The van der Waals surface area contributed by atoms with Crippen molar-refractivity contribution < 1.29 is 21.2 Å². The van der Waals surface area contributed by atoms with Crippen molar-refractivity contribution in [1.82, 2.24) is 12.9 Å². The lowest BCUT2D eigenvalue weighted by atomic mass is 10.3. The zero-order valence-corrected chi connectivity index (χ0v) is 16.4. The number of hydrogen-bond acceptors (Lipinski definition) is 4. The summed E-state index contributed by atoms with van der Waals surface area (Å²) in [5.41, 5.74) is 0. The van der Waals surface area contributed by atoms with Crippen LogP contribution in [0.25, 0.3) is 0 Å². The van der Waals surface area contributed by atoms with Gasteiger partial charge in [0.2, 0.25) is 10.0 Å². The molecule has 1 heterocycles. The van der Waals surface area contributed by atoms with E-state index in [1.54, 1.807) is 13.8 Å². The third-order valence-electron chi connectivity index (χ3n) is 4.07. The summed E-state index contributed by atoms with van der Waals surface area (Å²) in [4.78, 5) is -0.461. The summed E-state index contributed by atoms with van der Waals surface area (Å²) in [6.45, 7) is 4.13. The molecule has 0 bridgehead atoms. The van der Waals surface area contributed by atoms with Crippen LogP contribution in [0.3, 0.4) is 0 Å². The van der Waals surface area contributed by atoms with Crippen molar-refractivity contribution in [2.24, 2.45) is 0 Å². The van der Waals surface area contributed by atoms with Crippen LogP contribution >= 0.6 is 11.6 Å². The van der Waals surface area contributed by atoms with Crippen LogP contribution in [0, 0.1) is 5.82 Å². The summed E-state index contributed by atoms with van der Waals surface area (Å²) in [5.74, 6) is -0.925. The molecule has 2 rings (SSSR count). The molecule has 1 aliphatic heterocycles. The standard InChI is InChI=1S/C14H21ClFN3O4S2/c1-3-17(4-2)25(22,23)19-9-7-18(8-10-19)24(20,21)14-6-5-12(15)11-13(14)16/h5-6,11H,3-4,7-10H2,1-2H3. The molecule has 0 amide bonds. The second kappa shape index (κ2) is 7.85. The molecule has 1 fully saturated rings. The van der Waals surface area contributed by atoms with E-state index in [0.29, 0.717) is 13.1 Å². The first-order chi connectivity index (χ1) is 11.6. The normalized spacial score (nSPS) is 18.0. The average molecular weight is 414 g/mol. The van der Waals surface area contributed by atoms with Gasteiger partial charge in [0, 0.05) is 44.3 Å². The van der Waals surface area contributed by atoms with Crippen LogP contribution in [0.15, 0.2) is 23.1 Å². The molecule has 1 aromatic rings. The Morgan fingerprint density at radius 1 is 1.04 bits per heavy atom. The van der Waals surface area contributed by atoms with E-state index >= 15 is 0 Å². The monoisotopic (exact) mass is 413 g/mol. The van der Waals surface area contributed by atoms with Crippen LogP contribution in [0.1, 0.15) is 13.8 Å². The van der Waals surface area contributed by atoms with Gasteiger partial charge in [-0.15, -0.1) is 0 Å². The molecular weight excluding hydrogens is 393 g/mol. The molecule has 7 nitrogen and oxygen atoms in total. The number of piperazine rings is 1. The van der Waals surface area contributed by atoms with Crippen molar-refractivity contribution in [2.75, 3.05) is 39.3 Å². The van der Waals surface area contributed by atoms with Gasteiger partial charge in [-0.25, -0.2) is 12.8 Å². The fourth-order valence-corrected chi connectivity index (χ4v) is 5.91. The van der Waals surface area contributed by atoms with Gasteiger partial charge >= 0.3 is 0 Å². The van der Waals surface area contributed by atoms with E-state index in [4.69, 9.17) is 11.6 Å². The first-order valence-electron chi connectivity index (χ1n) is 7.85. The second-order valence-corrected chi connectivity index (χ2v) is 9.74. The maximum atomic E-state index is 14.0. The molecule has 1 aromatic carbocycles. The van der Waals surface area contributed by atoms with E-state index in [1.807, 2.05) is 0 Å². The highest BCUT2D eigenvalue weighted by molar-refractivity contribution is 7.89. The van der Waals surface area contributed by atoms with E-state index in [1.165, 1.54) is 14.7 Å². The van der Waals surface area contributed by atoms with Crippen molar-refractivity contribution in [3.8, 4) is 0 Å². The maximum Gasteiger partial charge on any atom is 0.282 e. The van der Waals surface area contributed by atoms with Gasteiger partial charge in [0.05, 0.1) is 0 Å². The smallest absolute Gasteiger partial charge is 0.207 e. The largest absolute Gasteiger partial charge is 0.282 e. The van der Waals surface area contributed by atoms with Gasteiger partial charge in [0.25, 0.3) is 10.2 Å². The summed E-state index contributed by atoms with van der Waals surface area (Å²) in [7, 11) is -7.66. The molecule has 0 aliphatic carbocycles. The Labute approximate surface area is 153 Å². The van der Waals surface area contributed by atoms with E-state index in [-0.39, 0.29) is 31.2 Å². The molecule has 1 saturated heterocycles. The van der Waals surface area contributed by atoms with Crippen molar-refractivity contribution >= 4 is 31.8 Å². The number of nitrogens with zero attached hydrogens (tertiary/aromatic N) is 3. The van der Waals surface area contributed by atoms with Gasteiger partial charge in [0.1, 0.15) is 10.7 Å². The second-order valence-electron chi connectivity index (χ2n) is 5.47. The predicted octanol–water partition coefficient (Wildman–Crippen LogP) is 1.37. The minimum atomic E-state index is -4.05. The topological polar surface area (TPSA) is 78.0 Å². The Bertz CT molecular complexity index is 820. The summed E-state index contributed by atoms with van der Waals surface area (Å²) in [6.07, 6.45) is 0. The molecule has 11 heteroatoms. The highest BCUT2D eigenvalue weighted by atomic mass is 35.5. The lowest BCUT2D eigenvalue weighted by Gasteiger charge is -2.35. The van der Waals surface area contributed by atoms with Crippen LogP contribution in [-0.2, 0) is 20.2 Å². The fraction of sp³-hybridized carbons (Fsp3) is 0.571. The first-order valence-corrected chi connectivity index (χ1v) is 11.1. The zero-order valence-electron chi connectivity index (χ0n) is 14.0. The first kappa shape index (κ1) is 20.5. The highest BCUT2D eigenvalue weighted by Gasteiger charge is 2.35. The molecule has 0 atom stereocenters. The summed E-state index contributed by atoms with van der Waals surface area (Å²) in [6, 6.07) is 3.36. The molecule has 25 heavy (non-hydrogen) atoms. The Morgan fingerprint density at radius 2 is 1.56 bits per heavy atom. The molecule has 0 saturated carbocycles. The molecule has 0 aromatic heterocycles. The number of sulfonamides is 1. The van der Waals surface area contributed by atoms with Crippen molar-refractivity contribution in [3.05, 3.63) is 29.0 Å². The summed E-state index contributed by atoms with van der Waals surface area (Å²) >= 11 is 5.65. The number of rotatable bonds is 6. The quantitative estimate of drug-likeness (QED) is 0.705. The molecule has 142 valence electrons. The maximum absolute atomic E-state index is 14.0. The predicted molar refractivity (Wildman–Crippen MR) is 93.6 cm³/mol. The summed E-state index contributed by atoms with van der Waals surface area (Å²) in [5, 5.41) is 0.103. The minimum absolute atomic E-state index is 0.0211. The molecule has 0 unspecified atom stereocenters. The van der Waals surface area contributed by atoms with E-state index in [0.717, 1.165) is 16.4 Å². The third kappa shape index (κ3) is 4.15. The molecule has 0 spiro atoms. The number of benzene rings is 1. The van der Waals surface area contributed by atoms with Crippen LogP contribution in [0.2, 0.25) is 5.02 Å². The van der Waals surface area contributed by atoms with Gasteiger partial charge in [-0.2, -0.15) is 21.3 Å². The van der Waals surface area contributed by atoms with Crippen LogP contribution in [0.5, 0.6) is 0 Å². The highest BCUT2D eigenvalue weighted by Crippen LogP contribution is 2.24. The third-order valence-corrected chi connectivity index (χ3v) is 8.42. The molecule has 0 N–H and O–H groups in total. The van der Waals surface area contributed by atoms with Gasteiger partial charge in [-0.1, -0.05) is 25.4 Å². The van der Waals surface area contributed by atoms with Gasteiger partial charge in [0.15, 0.2) is 0 Å². The zero-order chi connectivity index (χ0) is 18.8. The Balaban J connectivity index is 2.16. The molecule has 1 aliphatic rings. The minimum Gasteiger partial charge on any atom is -0.207 e. The van der Waals surface area contributed by atoms with Crippen LogP contribution in [0.4, 0.5) is 4.39 Å². The number of hydrogen-bond donors (Lipinski definition) is 0. The number of halogens is 2. The van der Waals surface area contributed by atoms with E-state index < -0.39 is 30.9 Å². The van der Waals surface area contributed by atoms with Gasteiger partial charge < -0.3 is 0 Å².